The van der Waals surface area contributed by atoms with Crippen LogP contribution in [0.2, 0.25) is 0 Å². The number of hydrogen-bond donors (Lipinski definition) is 1. The van der Waals surface area contributed by atoms with E-state index in [0.29, 0.717) is 5.75 Å². The molecule has 1 N–H and O–H groups in total. The summed E-state index contributed by atoms with van der Waals surface area (Å²) in [4.78, 5) is 27.7. The van der Waals surface area contributed by atoms with Gasteiger partial charge in [0.2, 0.25) is 11.7 Å². The van der Waals surface area contributed by atoms with Gasteiger partial charge in [-0.1, -0.05) is 66.7 Å². The van der Waals surface area contributed by atoms with Crippen LogP contribution >= 0.6 is 11.8 Å². The number of ketones is 1. The number of Topliss-reactive ketones (excluding diaryl/α,β-unsaturated/α-hetero) is 1. The summed E-state index contributed by atoms with van der Waals surface area (Å²) in [5, 5.41) is 17.3. The summed E-state index contributed by atoms with van der Waals surface area (Å²) < 4.78 is 1.75. The molecule has 2 atom stereocenters. The van der Waals surface area contributed by atoms with Crippen molar-refractivity contribution in [3.8, 4) is 23.0 Å². The molecule has 7 heteroatoms. The molecule has 2 unspecified atom stereocenters. The van der Waals surface area contributed by atoms with Gasteiger partial charge in [0, 0.05) is 21.8 Å². The third kappa shape index (κ3) is 4.25. The molecule has 0 fully saturated rings. The van der Waals surface area contributed by atoms with Crippen molar-refractivity contribution >= 4 is 23.5 Å². The van der Waals surface area contributed by atoms with E-state index in [-0.39, 0.29) is 11.7 Å². The van der Waals surface area contributed by atoms with Crippen LogP contribution in [0, 0.1) is 17.2 Å². The highest BCUT2D eigenvalue weighted by Crippen LogP contribution is 2.44. The molecule has 1 aliphatic rings. The molecule has 6 nitrogen and oxygen atoms in total. The van der Waals surface area contributed by atoms with Crippen LogP contribution in [0.3, 0.4) is 0 Å². The van der Waals surface area contributed by atoms with Gasteiger partial charge in [-0.3, -0.25) is 9.59 Å². The number of benzene rings is 3. The zero-order valence-electron chi connectivity index (χ0n) is 19.0. The lowest BCUT2D eigenvalue weighted by atomic mass is 9.97. The van der Waals surface area contributed by atoms with Crippen LogP contribution in [0.25, 0.3) is 16.9 Å². The predicted molar refractivity (Wildman–Crippen MR) is 135 cm³/mol. The Morgan fingerprint density at radius 3 is 2.37 bits per heavy atom. The van der Waals surface area contributed by atoms with Crippen LogP contribution in [0.4, 0.5) is 0 Å². The highest BCUT2D eigenvalue weighted by Gasteiger charge is 2.36. The van der Waals surface area contributed by atoms with E-state index in [1.54, 1.807) is 16.4 Å². The molecule has 4 aromatic rings. The van der Waals surface area contributed by atoms with Crippen LogP contribution in [0.15, 0.2) is 89.8 Å². The van der Waals surface area contributed by atoms with Crippen molar-refractivity contribution in [2.75, 3.05) is 0 Å². The van der Waals surface area contributed by atoms with E-state index in [1.165, 1.54) is 0 Å². The highest BCUT2D eigenvalue weighted by molar-refractivity contribution is 7.98. The minimum Gasteiger partial charge on any atom is -0.348 e. The molecule has 2 heterocycles. The smallest absolute Gasteiger partial charge is 0.245 e. The fourth-order valence-corrected chi connectivity index (χ4v) is 5.32. The van der Waals surface area contributed by atoms with Crippen molar-refractivity contribution in [3.05, 3.63) is 102 Å². The molecule has 0 bridgehead atoms. The average Bonchev–Trinajstić information content (AvgIpc) is 3.30. The zero-order valence-corrected chi connectivity index (χ0v) is 19.8. The number of fused-ring (bicyclic) bond motifs is 3. The SMILES string of the molecule is CC(NC(=O)C(C#N)C(=O)c1nn(-c2ccccc2)c2c1CSc1ccccc1-2)c1ccccc1. The van der Waals surface area contributed by atoms with Crippen LogP contribution in [0.1, 0.15) is 34.6 Å². The molecular weight excluding hydrogens is 456 g/mol. The molecule has 0 saturated carbocycles. The molecule has 0 spiro atoms. The molecule has 5 rings (SSSR count). The maximum Gasteiger partial charge on any atom is 0.245 e. The Hall–Kier alpha value is -4.15. The van der Waals surface area contributed by atoms with E-state index in [2.05, 4.69) is 10.4 Å². The van der Waals surface area contributed by atoms with Crippen LogP contribution in [-0.4, -0.2) is 21.5 Å². The number of thioether (sulfide) groups is 1. The second-order valence-corrected chi connectivity index (χ2v) is 9.29. The minimum absolute atomic E-state index is 0.167. The molecular formula is C28H22N4O2S. The van der Waals surface area contributed by atoms with Crippen molar-refractivity contribution in [3.63, 3.8) is 0 Å². The Labute approximate surface area is 207 Å². The van der Waals surface area contributed by atoms with Gasteiger partial charge in [0.15, 0.2) is 5.92 Å². The first kappa shape index (κ1) is 22.6. The molecule has 1 amide bonds. The Balaban J connectivity index is 1.53. The number of aromatic nitrogens is 2. The van der Waals surface area contributed by atoms with E-state index in [4.69, 9.17) is 0 Å². The van der Waals surface area contributed by atoms with Crippen molar-refractivity contribution in [2.24, 2.45) is 5.92 Å². The van der Waals surface area contributed by atoms with Gasteiger partial charge in [-0.2, -0.15) is 10.4 Å². The lowest BCUT2D eigenvalue weighted by Gasteiger charge is -2.18. The maximum absolute atomic E-state index is 13.6. The summed E-state index contributed by atoms with van der Waals surface area (Å²) in [6, 6.07) is 28.6. The number of nitrogens with one attached hydrogen (secondary N) is 1. The first-order valence-electron chi connectivity index (χ1n) is 11.3. The van der Waals surface area contributed by atoms with Crippen LogP contribution in [-0.2, 0) is 10.5 Å². The normalized spacial score (nSPS) is 13.6. The molecule has 0 aliphatic carbocycles. The van der Waals surface area contributed by atoms with Crippen molar-refractivity contribution < 1.29 is 9.59 Å². The van der Waals surface area contributed by atoms with E-state index in [0.717, 1.165) is 33.0 Å². The van der Waals surface area contributed by atoms with Crippen LogP contribution in [0.5, 0.6) is 0 Å². The third-order valence-electron chi connectivity index (χ3n) is 6.04. The number of nitriles is 1. The fourth-order valence-electron chi connectivity index (χ4n) is 4.25. The Kier molecular flexibility index (Phi) is 6.21. The summed E-state index contributed by atoms with van der Waals surface area (Å²) in [6.07, 6.45) is 0. The summed E-state index contributed by atoms with van der Waals surface area (Å²) in [5.74, 6) is -2.18. The second kappa shape index (κ2) is 9.61. The van der Waals surface area contributed by atoms with E-state index >= 15 is 0 Å². The van der Waals surface area contributed by atoms with Gasteiger partial charge in [-0.25, -0.2) is 4.68 Å². The standard InChI is InChI=1S/C28H22N4O2S/c1-18(19-10-4-2-5-11-19)30-28(34)22(16-29)27(33)25-23-17-35-24-15-9-8-14-21(24)26(23)32(31-25)20-12-6-3-7-13-20/h2-15,18,22H,17H2,1H3,(H,30,34). The first-order chi connectivity index (χ1) is 17.1. The monoisotopic (exact) mass is 478 g/mol. The number of carbonyl (C=O) groups is 2. The Morgan fingerprint density at radius 1 is 1.00 bits per heavy atom. The molecule has 3 aromatic carbocycles. The molecule has 0 radical (unpaired) electrons. The minimum atomic E-state index is -1.49. The van der Waals surface area contributed by atoms with Gasteiger partial charge in [-0.05, 0) is 30.7 Å². The summed E-state index contributed by atoms with van der Waals surface area (Å²) in [6.45, 7) is 1.83. The van der Waals surface area contributed by atoms with E-state index in [9.17, 15) is 14.9 Å². The Bertz CT molecular complexity index is 1440. The summed E-state index contributed by atoms with van der Waals surface area (Å²) >= 11 is 1.62. The quantitative estimate of drug-likeness (QED) is 0.298. The third-order valence-corrected chi connectivity index (χ3v) is 7.14. The van der Waals surface area contributed by atoms with Crippen molar-refractivity contribution in [2.45, 2.75) is 23.6 Å². The molecule has 172 valence electrons. The molecule has 1 aromatic heterocycles. The number of para-hydroxylation sites is 1. The Morgan fingerprint density at radius 2 is 1.66 bits per heavy atom. The van der Waals surface area contributed by atoms with Crippen molar-refractivity contribution in [1.29, 1.82) is 5.26 Å². The average molecular weight is 479 g/mol. The van der Waals surface area contributed by atoms with Gasteiger partial charge in [0.1, 0.15) is 5.69 Å². The zero-order chi connectivity index (χ0) is 24.4. The summed E-state index contributed by atoms with van der Waals surface area (Å²) in [5.41, 5.74) is 4.41. The van der Waals surface area contributed by atoms with Gasteiger partial charge < -0.3 is 5.32 Å². The van der Waals surface area contributed by atoms with Gasteiger partial charge >= 0.3 is 0 Å². The topological polar surface area (TPSA) is 87.8 Å². The summed E-state index contributed by atoms with van der Waals surface area (Å²) in [7, 11) is 0. The number of amides is 1. The van der Waals surface area contributed by atoms with E-state index < -0.39 is 17.6 Å². The fraction of sp³-hybridized carbons (Fsp3) is 0.143. The number of rotatable bonds is 6. The molecule has 1 aliphatic heterocycles. The lowest BCUT2D eigenvalue weighted by molar-refractivity contribution is -0.122. The van der Waals surface area contributed by atoms with Gasteiger partial charge in [0.25, 0.3) is 0 Å². The second-order valence-electron chi connectivity index (χ2n) is 8.28. The first-order valence-corrected chi connectivity index (χ1v) is 12.3. The number of carbonyl (C=O) groups excluding carboxylic acids is 2. The maximum atomic E-state index is 13.6. The molecule has 35 heavy (non-hydrogen) atoms. The number of nitrogens with zero attached hydrogens (tertiary/aromatic N) is 3. The number of hydrogen-bond acceptors (Lipinski definition) is 5. The lowest BCUT2D eigenvalue weighted by Crippen LogP contribution is -2.36. The predicted octanol–water partition coefficient (Wildman–Crippen LogP) is 5.34. The van der Waals surface area contributed by atoms with Crippen molar-refractivity contribution in [1.82, 2.24) is 15.1 Å². The van der Waals surface area contributed by atoms with Gasteiger partial charge in [-0.15, -0.1) is 11.8 Å². The van der Waals surface area contributed by atoms with Crippen LogP contribution < -0.4 is 5.32 Å². The van der Waals surface area contributed by atoms with E-state index in [1.807, 2.05) is 97.9 Å². The highest BCUT2D eigenvalue weighted by atomic mass is 32.2. The molecule has 0 saturated heterocycles. The van der Waals surface area contributed by atoms with Gasteiger partial charge in [0.05, 0.1) is 23.5 Å². The largest absolute Gasteiger partial charge is 0.348 e.